The predicted octanol–water partition coefficient (Wildman–Crippen LogP) is 5.49. The number of rotatable bonds is 2. The number of methoxy groups -OCH3 is 1. The van der Waals surface area contributed by atoms with Crippen molar-refractivity contribution in [1.82, 2.24) is 0 Å². The molecule has 2 atom stereocenters. The summed E-state index contributed by atoms with van der Waals surface area (Å²) in [5.41, 5.74) is 3.30. The molecule has 1 aliphatic rings. The molecule has 2 aromatic carbocycles. The zero-order chi connectivity index (χ0) is 14.5. The highest BCUT2D eigenvalue weighted by molar-refractivity contribution is 5.96. The summed E-state index contributed by atoms with van der Waals surface area (Å²) in [6.07, 6.45) is 1.19. The Balaban J connectivity index is 2.34. The van der Waals surface area contributed by atoms with Crippen molar-refractivity contribution in [1.29, 1.82) is 0 Å². The molecule has 2 aromatic rings. The first-order chi connectivity index (χ1) is 9.49. The summed E-state index contributed by atoms with van der Waals surface area (Å²) in [6.45, 7) is 9.40. The van der Waals surface area contributed by atoms with Gasteiger partial charge in [-0.2, -0.15) is 0 Å². The molecule has 0 spiro atoms. The van der Waals surface area contributed by atoms with Crippen LogP contribution in [0.3, 0.4) is 0 Å². The number of hydrogen-bond acceptors (Lipinski definition) is 1. The summed E-state index contributed by atoms with van der Waals surface area (Å²) in [5.74, 6) is 2.22. The summed E-state index contributed by atoms with van der Waals surface area (Å²) in [5, 5.41) is 2.71. The van der Waals surface area contributed by atoms with Gasteiger partial charge in [0.05, 0.1) is 7.11 Å². The molecule has 0 radical (unpaired) electrons. The molecule has 0 amide bonds. The Morgan fingerprint density at radius 1 is 1.05 bits per heavy atom. The summed E-state index contributed by atoms with van der Waals surface area (Å²) < 4.78 is 5.55. The van der Waals surface area contributed by atoms with E-state index in [4.69, 9.17) is 4.74 Å². The topological polar surface area (TPSA) is 9.23 Å². The van der Waals surface area contributed by atoms with Crippen molar-refractivity contribution in [3.63, 3.8) is 0 Å². The maximum Gasteiger partial charge on any atom is 0.126 e. The minimum absolute atomic E-state index is 0.279. The molecule has 1 heteroatoms. The lowest BCUT2D eigenvalue weighted by molar-refractivity contribution is 0.283. The Kier molecular flexibility index (Phi) is 3.04. The Morgan fingerprint density at radius 2 is 1.80 bits per heavy atom. The highest BCUT2D eigenvalue weighted by Crippen LogP contribution is 2.56. The van der Waals surface area contributed by atoms with Crippen molar-refractivity contribution in [3.8, 4) is 5.75 Å². The molecule has 20 heavy (non-hydrogen) atoms. The van der Waals surface area contributed by atoms with Crippen molar-refractivity contribution >= 4 is 10.8 Å². The van der Waals surface area contributed by atoms with E-state index in [2.05, 4.69) is 58.0 Å². The van der Waals surface area contributed by atoms with E-state index in [-0.39, 0.29) is 5.41 Å². The summed E-state index contributed by atoms with van der Waals surface area (Å²) >= 11 is 0. The van der Waals surface area contributed by atoms with E-state index < -0.39 is 0 Å². The van der Waals surface area contributed by atoms with Gasteiger partial charge in [-0.05, 0) is 46.3 Å². The van der Waals surface area contributed by atoms with Crippen LogP contribution in [-0.4, -0.2) is 7.11 Å². The van der Waals surface area contributed by atoms with E-state index in [0.29, 0.717) is 11.8 Å². The van der Waals surface area contributed by atoms with Crippen LogP contribution in [-0.2, 0) is 0 Å². The summed E-state index contributed by atoms with van der Waals surface area (Å²) in [7, 11) is 1.76. The third-order valence-corrected chi connectivity index (χ3v) is 4.79. The molecular weight excluding hydrogens is 244 g/mol. The molecule has 0 saturated carbocycles. The number of ether oxygens (including phenoxy) is 1. The standard InChI is InChI=1S/C19H24O/c1-6-12-13-8-7-9-14-16(20-5)11-10-15(17(13)14)18(12)19(2,3)4/h7-12,18H,6H2,1-5H3. The van der Waals surface area contributed by atoms with Crippen molar-refractivity contribution in [2.45, 2.75) is 46.0 Å². The van der Waals surface area contributed by atoms with Gasteiger partial charge in [0.15, 0.2) is 0 Å². The molecule has 106 valence electrons. The fourth-order valence-corrected chi connectivity index (χ4v) is 4.10. The highest BCUT2D eigenvalue weighted by Gasteiger charge is 2.40. The molecule has 3 rings (SSSR count). The number of hydrogen-bond donors (Lipinski definition) is 0. The van der Waals surface area contributed by atoms with Crippen LogP contribution in [0.25, 0.3) is 10.8 Å². The van der Waals surface area contributed by atoms with Crippen molar-refractivity contribution in [2.24, 2.45) is 5.41 Å². The summed E-state index contributed by atoms with van der Waals surface area (Å²) in [4.78, 5) is 0. The van der Waals surface area contributed by atoms with Gasteiger partial charge in [0, 0.05) is 5.39 Å². The minimum Gasteiger partial charge on any atom is -0.496 e. The lowest BCUT2D eigenvalue weighted by Crippen LogP contribution is -2.21. The van der Waals surface area contributed by atoms with E-state index in [1.54, 1.807) is 7.11 Å². The molecule has 0 saturated heterocycles. The lowest BCUT2D eigenvalue weighted by atomic mass is 9.71. The Bertz CT molecular complexity index is 649. The molecule has 1 aliphatic carbocycles. The first-order valence-corrected chi connectivity index (χ1v) is 7.58. The van der Waals surface area contributed by atoms with Crippen molar-refractivity contribution in [2.75, 3.05) is 7.11 Å². The monoisotopic (exact) mass is 268 g/mol. The first-order valence-electron chi connectivity index (χ1n) is 7.58. The van der Waals surface area contributed by atoms with Crippen LogP contribution in [0.2, 0.25) is 0 Å². The third kappa shape index (κ3) is 1.76. The third-order valence-electron chi connectivity index (χ3n) is 4.79. The minimum atomic E-state index is 0.279. The largest absolute Gasteiger partial charge is 0.496 e. The SMILES string of the molecule is CCC1c2cccc3c(OC)ccc(c23)C1C(C)(C)C. The zero-order valence-corrected chi connectivity index (χ0v) is 13.2. The second kappa shape index (κ2) is 4.51. The molecule has 0 N–H and O–H groups in total. The van der Waals surface area contributed by atoms with Gasteiger partial charge < -0.3 is 4.74 Å². The first kappa shape index (κ1) is 13.5. The Labute approximate surface area is 122 Å². The maximum atomic E-state index is 5.55. The van der Waals surface area contributed by atoms with E-state index >= 15 is 0 Å². The molecule has 2 unspecified atom stereocenters. The predicted molar refractivity (Wildman–Crippen MR) is 85.7 cm³/mol. The van der Waals surface area contributed by atoms with Crippen LogP contribution in [0.1, 0.15) is 57.1 Å². The average molecular weight is 268 g/mol. The van der Waals surface area contributed by atoms with Crippen molar-refractivity contribution in [3.05, 3.63) is 41.5 Å². The van der Waals surface area contributed by atoms with Gasteiger partial charge in [-0.25, -0.2) is 0 Å². The highest BCUT2D eigenvalue weighted by atomic mass is 16.5. The van der Waals surface area contributed by atoms with E-state index in [1.165, 1.54) is 28.3 Å². The quantitative estimate of drug-likeness (QED) is 0.700. The molecule has 0 aromatic heterocycles. The van der Waals surface area contributed by atoms with Crippen LogP contribution in [0.5, 0.6) is 5.75 Å². The average Bonchev–Trinajstić information content (AvgIpc) is 2.75. The molecule has 0 fully saturated rings. The van der Waals surface area contributed by atoms with Gasteiger partial charge in [0.1, 0.15) is 5.75 Å². The lowest BCUT2D eigenvalue weighted by Gasteiger charge is -2.33. The van der Waals surface area contributed by atoms with Crippen LogP contribution in [0, 0.1) is 5.41 Å². The normalized spacial score (nSPS) is 21.4. The van der Waals surface area contributed by atoms with E-state index in [1.807, 2.05) is 0 Å². The molecule has 1 nitrogen and oxygen atoms in total. The Morgan fingerprint density at radius 3 is 2.40 bits per heavy atom. The van der Waals surface area contributed by atoms with Gasteiger partial charge in [-0.15, -0.1) is 0 Å². The molecule has 0 heterocycles. The van der Waals surface area contributed by atoms with Crippen molar-refractivity contribution < 1.29 is 4.74 Å². The molecule has 0 bridgehead atoms. The number of benzene rings is 2. The van der Waals surface area contributed by atoms with Gasteiger partial charge in [-0.3, -0.25) is 0 Å². The van der Waals surface area contributed by atoms with Gasteiger partial charge in [0.25, 0.3) is 0 Å². The van der Waals surface area contributed by atoms with Crippen LogP contribution < -0.4 is 4.74 Å². The van der Waals surface area contributed by atoms with E-state index in [9.17, 15) is 0 Å². The smallest absolute Gasteiger partial charge is 0.126 e. The van der Waals surface area contributed by atoms with Crippen LogP contribution in [0.15, 0.2) is 30.3 Å². The van der Waals surface area contributed by atoms with Crippen LogP contribution >= 0.6 is 0 Å². The van der Waals surface area contributed by atoms with Crippen LogP contribution in [0.4, 0.5) is 0 Å². The Hall–Kier alpha value is -1.50. The molecule has 0 aliphatic heterocycles. The van der Waals surface area contributed by atoms with E-state index in [0.717, 1.165) is 5.75 Å². The second-order valence-corrected chi connectivity index (χ2v) is 6.99. The van der Waals surface area contributed by atoms with Gasteiger partial charge in [-0.1, -0.05) is 52.0 Å². The van der Waals surface area contributed by atoms with Gasteiger partial charge in [0.2, 0.25) is 0 Å². The molecular formula is C19H24O. The van der Waals surface area contributed by atoms with Gasteiger partial charge >= 0.3 is 0 Å². The zero-order valence-electron chi connectivity index (χ0n) is 13.2. The maximum absolute atomic E-state index is 5.55. The fraction of sp³-hybridized carbons (Fsp3) is 0.474. The fourth-order valence-electron chi connectivity index (χ4n) is 4.10. The second-order valence-electron chi connectivity index (χ2n) is 6.99. The summed E-state index contributed by atoms with van der Waals surface area (Å²) in [6, 6.07) is 11.1.